The molecule has 0 heterocycles. The Labute approximate surface area is 117 Å². The van der Waals surface area contributed by atoms with Gasteiger partial charge in [-0.1, -0.05) is 13.3 Å². The van der Waals surface area contributed by atoms with E-state index in [0.29, 0.717) is 12.0 Å². The Balaban J connectivity index is 2.12. The summed E-state index contributed by atoms with van der Waals surface area (Å²) in [6, 6.07) is 1.30. The van der Waals surface area contributed by atoms with Gasteiger partial charge in [-0.15, -0.1) is 0 Å². The number of nitrogen functional groups attached to an aromatic ring is 1. The van der Waals surface area contributed by atoms with Gasteiger partial charge in [0.2, 0.25) is 10.0 Å². The second-order valence-corrected chi connectivity index (χ2v) is 7.18. The fourth-order valence-electron chi connectivity index (χ4n) is 2.57. The van der Waals surface area contributed by atoms with Crippen molar-refractivity contribution in [2.45, 2.75) is 31.1 Å². The highest BCUT2D eigenvalue weighted by molar-refractivity contribution is 7.89. The van der Waals surface area contributed by atoms with Crippen molar-refractivity contribution >= 4 is 15.7 Å². The van der Waals surface area contributed by atoms with Crippen LogP contribution in [0.4, 0.5) is 14.5 Å². The minimum Gasteiger partial charge on any atom is -0.396 e. The van der Waals surface area contributed by atoms with Crippen molar-refractivity contribution in [1.82, 2.24) is 4.72 Å². The third-order valence-electron chi connectivity index (χ3n) is 3.71. The zero-order valence-electron chi connectivity index (χ0n) is 11.2. The van der Waals surface area contributed by atoms with Gasteiger partial charge in [-0.3, -0.25) is 0 Å². The van der Waals surface area contributed by atoms with Gasteiger partial charge < -0.3 is 5.73 Å². The maximum Gasteiger partial charge on any atom is 0.243 e. The summed E-state index contributed by atoms with van der Waals surface area (Å²) in [7, 11) is -4.01. The van der Waals surface area contributed by atoms with Crippen molar-refractivity contribution in [2.75, 3.05) is 12.3 Å². The van der Waals surface area contributed by atoms with E-state index in [1.165, 1.54) is 0 Å². The summed E-state index contributed by atoms with van der Waals surface area (Å²) in [6.45, 7) is 2.39. The van der Waals surface area contributed by atoms with Crippen molar-refractivity contribution in [3.63, 3.8) is 0 Å². The molecule has 1 aliphatic carbocycles. The van der Waals surface area contributed by atoms with Crippen LogP contribution in [0.2, 0.25) is 0 Å². The predicted octanol–water partition coefficient (Wildman–Crippen LogP) is 2.26. The summed E-state index contributed by atoms with van der Waals surface area (Å²) < 4.78 is 53.0. The third-order valence-corrected chi connectivity index (χ3v) is 5.14. The predicted molar refractivity (Wildman–Crippen MR) is 72.5 cm³/mol. The smallest absolute Gasteiger partial charge is 0.243 e. The number of sulfonamides is 1. The van der Waals surface area contributed by atoms with Gasteiger partial charge in [0.1, 0.15) is 16.5 Å². The molecule has 0 bridgehead atoms. The fraction of sp³-hybridized carbons (Fsp3) is 0.538. The molecule has 0 saturated heterocycles. The molecular formula is C13H18F2N2O2S. The maximum absolute atomic E-state index is 13.6. The lowest BCUT2D eigenvalue weighted by atomic mass is 10.1. The van der Waals surface area contributed by atoms with E-state index in [1.807, 2.05) is 0 Å². The van der Waals surface area contributed by atoms with Crippen LogP contribution in [0.15, 0.2) is 17.0 Å². The lowest BCUT2D eigenvalue weighted by Crippen LogP contribution is -2.29. The van der Waals surface area contributed by atoms with E-state index in [4.69, 9.17) is 5.73 Å². The third kappa shape index (κ3) is 3.27. The van der Waals surface area contributed by atoms with Gasteiger partial charge in [0, 0.05) is 12.6 Å². The monoisotopic (exact) mass is 304 g/mol. The molecule has 0 spiro atoms. The quantitative estimate of drug-likeness (QED) is 0.838. The van der Waals surface area contributed by atoms with E-state index in [1.54, 1.807) is 0 Å². The molecule has 4 nitrogen and oxygen atoms in total. The number of benzene rings is 1. The minimum absolute atomic E-state index is 0.264. The number of hydrogen-bond acceptors (Lipinski definition) is 3. The maximum atomic E-state index is 13.6. The Morgan fingerprint density at radius 1 is 1.30 bits per heavy atom. The van der Waals surface area contributed by atoms with Crippen LogP contribution in [0.3, 0.4) is 0 Å². The van der Waals surface area contributed by atoms with E-state index in [9.17, 15) is 17.2 Å². The molecule has 1 aromatic carbocycles. The number of nitrogens with one attached hydrogen (secondary N) is 1. The number of hydrogen-bond donors (Lipinski definition) is 2. The van der Waals surface area contributed by atoms with Crippen LogP contribution >= 0.6 is 0 Å². The van der Waals surface area contributed by atoms with Gasteiger partial charge in [-0.2, -0.15) is 0 Å². The summed E-state index contributed by atoms with van der Waals surface area (Å²) in [4.78, 5) is -0.609. The molecule has 3 N–H and O–H groups in total. The number of halogens is 2. The summed E-state index contributed by atoms with van der Waals surface area (Å²) >= 11 is 0. The molecule has 2 atom stereocenters. The molecule has 0 aliphatic heterocycles. The Morgan fingerprint density at radius 2 is 2.00 bits per heavy atom. The zero-order valence-corrected chi connectivity index (χ0v) is 12.0. The first-order valence-electron chi connectivity index (χ1n) is 6.54. The standard InChI is InChI=1S/C13H18F2N2O2S/c1-8-2-3-9(4-8)7-17-20(18,19)13-6-12(16)10(14)5-11(13)15/h5-6,8-9,17H,2-4,7,16H2,1H3. The average molecular weight is 304 g/mol. The molecule has 0 radical (unpaired) electrons. The second-order valence-electron chi connectivity index (χ2n) is 5.44. The number of nitrogens with two attached hydrogens (primary N) is 1. The van der Waals surface area contributed by atoms with Crippen molar-refractivity contribution in [1.29, 1.82) is 0 Å². The number of rotatable bonds is 4. The Kier molecular flexibility index (Phi) is 4.29. The normalized spacial score (nSPS) is 23.1. The first kappa shape index (κ1) is 15.2. The molecule has 7 heteroatoms. The van der Waals surface area contributed by atoms with Gasteiger partial charge in [0.15, 0.2) is 0 Å². The van der Waals surface area contributed by atoms with Gasteiger partial charge in [0.25, 0.3) is 0 Å². The largest absolute Gasteiger partial charge is 0.396 e. The highest BCUT2D eigenvalue weighted by Gasteiger charge is 2.25. The Bertz CT molecular complexity index is 605. The SMILES string of the molecule is CC1CCC(CNS(=O)(=O)c2cc(N)c(F)cc2F)C1. The first-order chi connectivity index (χ1) is 9.29. The van der Waals surface area contributed by atoms with Crippen LogP contribution in [0, 0.1) is 23.5 Å². The van der Waals surface area contributed by atoms with E-state index >= 15 is 0 Å². The van der Waals surface area contributed by atoms with Crippen molar-refractivity contribution < 1.29 is 17.2 Å². The average Bonchev–Trinajstić information content (AvgIpc) is 2.77. The summed E-state index contributed by atoms with van der Waals surface area (Å²) in [5, 5.41) is 0. The van der Waals surface area contributed by atoms with Gasteiger partial charge >= 0.3 is 0 Å². The Hall–Kier alpha value is -1.21. The molecule has 1 saturated carbocycles. The molecule has 0 amide bonds. The van der Waals surface area contributed by atoms with Crippen LogP contribution in [-0.2, 0) is 10.0 Å². The van der Waals surface area contributed by atoms with Crippen molar-refractivity contribution in [3.05, 3.63) is 23.8 Å². The molecule has 1 aliphatic rings. The van der Waals surface area contributed by atoms with E-state index in [0.717, 1.165) is 25.3 Å². The van der Waals surface area contributed by atoms with Crippen molar-refractivity contribution in [2.24, 2.45) is 11.8 Å². The highest BCUT2D eigenvalue weighted by atomic mass is 32.2. The molecule has 112 valence electrons. The van der Waals surface area contributed by atoms with Gasteiger partial charge in [0.05, 0.1) is 5.69 Å². The Morgan fingerprint density at radius 3 is 2.60 bits per heavy atom. The minimum atomic E-state index is -4.01. The van der Waals surface area contributed by atoms with Crippen LogP contribution in [0.5, 0.6) is 0 Å². The fourth-order valence-corrected chi connectivity index (χ4v) is 3.77. The van der Waals surface area contributed by atoms with E-state index < -0.39 is 26.6 Å². The molecule has 2 rings (SSSR count). The first-order valence-corrected chi connectivity index (χ1v) is 8.02. The summed E-state index contributed by atoms with van der Waals surface area (Å²) in [5.74, 6) is -1.25. The summed E-state index contributed by atoms with van der Waals surface area (Å²) in [5.41, 5.74) is 4.90. The lowest BCUT2D eigenvalue weighted by molar-refractivity contribution is 0.494. The number of anilines is 1. The van der Waals surface area contributed by atoms with Crippen LogP contribution < -0.4 is 10.5 Å². The van der Waals surface area contributed by atoms with Crippen LogP contribution in [0.25, 0.3) is 0 Å². The second kappa shape index (κ2) is 5.65. The lowest BCUT2D eigenvalue weighted by Gasteiger charge is -2.12. The molecular weight excluding hydrogens is 286 g/mol. The van der Waals surface area contributed by atoms with E-state index in [-0.39, 0.29) is 18.2 Å². The molecule has 0 aromatic heterocycles. The van der Waals surface area contributed by atoms with Crippen molar-refractivity contribution in [3.8, 4) is 0 Å². The summed E-state index contributed by atoms with van der Waals surface area (Å²) in [6.07, 6.45) is 2.98. The van der Waals surface area contributed by atoms with Crippen LogP contribution in [0.1, 0.15) is 26.2 Å². The molecule has 2 unspecified atom stereocenters. The molecule has 1 aromatic rings. The highest BCUT2D eigenvalue weighted by Crippen LogP contribution is 2.30. The topological polar surface area (TPSA) is 72.2 Å². The van der Waals surface area contributed by atoms with Gasteiger partial charge in [-0.25, -0.2) is 21.9 Å². The van der Waals surface area contributed by atoms with Gasteiger partial charge in [-0.05, 0) is 30.7 Å². The molecule has 20 heavy (non-hydrogen) atoms. The molecule has 1 fully saturated rings. The van der Waals surface area contributed by atoms with E-state index in [2.05, 4.69) is 11.6 Å². The van der Waals surface area contributed by atoms with Crippen LogP contribution in [-0.4, -0.2) is 15.0 Å². The zero-order chi connectivity index (χ0) is 14.9.